The van der Waals surface area contributed by atoms with E-state index in [4.69, 9.17) is 5.11 Å². The third-order valence-corrected chi connectivity index (χ3v) is 2.21. The molecular formula is C10H11N3O2. The van der Waals surface area contributed by atoms with Gasteiger partial charge in [-0.3, -0.25) is 4.40 Å². The minimum Gasteiger partial charge on any atom is -0.478 e. The van der Waals surface area contributed by atoms with Gasteiger partial charge in [-0.2, -0.15) is 0 Å². The molecule has 0 aliphatic carbocycles. The lowest BCUT2D eigenvalue weighted by molar-refractivity contribution is 0.0698. The van der Waals surface area contributed by atoms with Crippen LogP contribution >= 0.6 is 0 Å². The summed E-state index contributed by atoms with van der Waals surface area (Å²) in [7, 11) is 0. The molecule has 2 aromatic rings. The summed E-state index contributed by atoms with van der Waals surface area (Å²) in [6.07, 6.45) is 1.77. The lowest BCUT2D eigenvalue weighted by Crippen LogP contribution is -2.02. The molecule has 5 nitrogen and oxygen atoms in total. The standard InChI is InChI=1S/C10H11N3O2/c1-6(2)8-11-12-9-7(10(14)15)4-3-5-13(8)9/h3-6H,1-2H3,(H,14,15). The van der Waals surface area contributed by atoms with Gasteiger partial charge in [0.1, 0.15) is 11.4 Å². The molecule has 0 saturated heterocycles. The first-order valence-electron chi connectivity index (χ1n) is 4.68. The van der Waals surface area contributed by atoms with Crippen molar-refractivity contribution in [2.24, 2.45) is 0 Å². The highest BCUT2D eigenvalue weighted by molar-refractivity contribution is 5.94. The van der Waals surface area contributed by atoms with E-state index in [9.17, 15) is 4.79 Å². The molecule has 1 N–H and O–H groups in total. The Bertz CT molecular complexity index is 516. The van der Waals surface area contributed by atoms with Crippen LogP contribution in [0.5, 0.6) is 0 Å². The predicted octanol–water partition coefficient (Wildman–Crippen LogP) is 1.55. The van der Waals surface area contributed by atoms with E-state index in [1.54, 1.807) is 16.7 Å². The molecule has 0 aliphatic rings. The number of nitrogens with zero attached hydrogens (tertiary/aromatic N) is 3. The Kier molecular flexibility index (Phi) is 2.15. The third-order valence-electron chi connectivity index (χ3n) is 2.21. The fourth-order valence-electron chi connectivity index (χ4n) is 1.49. The zero-order valence-electron chi connectivity index (χ0n) is 8.51. The maximum atomic E-state index is 10.9. The number of carboxylic acid groups (broad SMARTS) is 1. The van der Waals surface area contributed by atoms with Crippen LogP contribution in [0.2, 0.25) is 0 Å². The first kappa shape index (κ1) is 9.64. The Morgan fingerprint density at radius 1 is 1.47 bits per heavy atom. The molecule has 0 aromatic carbocycles. The van der Waals surface area contributed by atoms with Crippen molar-refractivity contribution in [2.45, 2.75) is 19.8 Å². The van der Waals surface area contributed by atoms with Gasteiger partial charge in [0.25, 0.3) is 0 Å². The van der Waals surface area contributed by atoms with Crippen LogP contribution in [-0.4, -0.2) is 25.7 Å². The number of hydrogen-bond acceptors (Lipinski definition) is 3. The van der Waals surface area contributed by atoms with Gasteiger partial charge in [-0.1, -0.05) is 13.8 Å². The molecule has 0 amide bonds. The Morgan fingerprint density at radius 2 is 2.20 bits per heavy atom. The molecule has 78 valence electrons. The summed E-state index contributed by atoms with van der Waals surface area (Å²) in [5.74, 6) is 0.000418. The number of carboxylic acids is 1. The average Bonchev–Trinajstić information content (AvgIpc) is 2.59. The lowest BCUT2D eigenvalue weighted by Gasteiger charge is -2.02. The smallest absolute Gasteiger partial charge is 0.339 e. The normalized spacial score (nSPS) is 11.1. The van der Waals surface area contributed by atoms with Crippen LogP contribution in [0.4, 0.5) is 0 Å². The second-order valence-electron chi connectivity index (χ2n) is 3.63. The van der Waals surface area contributed by atoms with E-state index >= 15 is 0 Å². The molecule has 0 bridgehead atoms. The van der Waals surface area contributed by atoms with E-state index in [1.165, 1.54) is 6.07 Å². The number of carbonyl (C=O) groups is 1. The van der Waals surface area contributed by atoms with Gasteiger partial charge in [-0.05, 0) is 12.1 Å². The molecule has 2 rings (SSSR count). The van der Waals surface area contributed by atoms with Crippen molar-refractivity contribution in [3.63, 3.8) is 0 Å². The maximum absolute atomic E-state index is 10.9. The molecule has 15 heavy (non-hydrogen) atoms. The topological polar surface area (TPSA) is 67.5 Å². The molecule has 0 spiro atoms. The highest BCUT2D eigenvalue weighted by atomic mass is 16.4. The van der Waals surface area contributed by atoms with Crippen molar-refractivity contribution in [3.8, 4) is 0 Å². The van der Waals surface area contributed by atoms with Crippen LogP contribution in [-0.2, 0) is 0 Å². The largest absolute Gasteiger partial charge is 0.478 e. The molecule has 0 saturated carbocycles. The minimum atomic E-state index is -0.983. The molecule has 0 fully saturated rings. The van der Waals surface area contributed by atoms with Crippen molar-refractivity contribution >= 4 is 11.6 Å². The molecule has 0 aliphatic heterocycles. The summed E-state index contributed by atoms with van der Waals surface area (Å²) in [4.78, 5) is 10.9. The Labute approximate surface area is 86.4 Å². The predicted molar refractivity (Wildman–Crippen MR) is 54.0 cm³/mol. The van der Waals surface area contributed by atoms with Crippen LogP contribution in [0.25, 0.3) is 5.65 Å². The van der Waals surface area contributed by atoms with E-state index in [0.29, 0.717) is 5.65 Å². The summed E-state index contributed by atoms with van der Waals surface area (Å²) < 4.78 is 1.72. The van der Waals surface area contributed by atoms with Gasteiger partial charge in [0.05, 0.1) is 0 Å². The van der Waals surface area contributed by atoms with Crippen molar-refractivity contribution in [1.82, 2.24) is 14.6 Å². The van der Waals surface area contributed by atoms with Gasteiger partial charge in [-0.15, -0.1) is 10.2 Å². The van der Waals surface area contributed by atoms with E-state index < -0.39 is 5.97 Å². The van der Waals surface area contributed by atoms with E-state index in [0.717, 1.165) is 5.82 Å². The third kappa shape index (κ3) is 1.45. The summed E-state index contributed by atoms with van der Waals surface area (Å²) in [5.41, 5.74) is 0.575. The molecule has 2 heterocycles. The Balaban J connectivity index is 2.74. The monoisotopic (exact) mass is 205 g/mol. The fraction of sp³-hybridized carbons (Fsp3) is 0.300. The van der Waals surface area contributed by atoms with Crippen LogP contribution in [0.1, 0.15) is 35.9 Å². The molecule has 0 atom stereocenters. The molecule has 5 heteroatoms. The van der Waals surface area contributed by atoms with Crippen LogP contribution in [0.15, 0.2) is 18.3 Å². The van der Waals surface area contributed by atoms with Crippen LogP contribution < -0.4 is 0 Å². The first-order valence-corrected chi connectivity index (χ1v) is 4.68. The van der Waals surface area contributed by atoms with Crippen molar-refractivity contribution in [3.05, 3.63) is 29.7 Å². The van der Waals surface area contributed by atoms with E-state index in [-0.39, 0.29) is 11.5 Å². The SMILES string of the molecule is CC(C)c1nnc2c(C(=O)O)cccn12. The number of rotatable bonds is 2. The molecular weight excluding hydrogens is 194 g/mol. The van der Waals surface area contributed by atoms with Gasteiger partial charge >= 0.3 is 5.97 Å². The van der Waals surface area contributed by atoms with E-state index in [1.807, 2.05) is 13.8 Å². The summed E-state index contributed by atoms with van der Waals surface area (Å²) in [5, 5.41) is 16.8. The number of aromatic nitrogens is 3. The lowest BCUT2D eigenvalue weighted by atomic mass is 10.2. The number of pyridine rings is 1. The Morgan fingerprint density at radius 3 is 2.80 bits per heavy atom. The average molecular weight is 205 g/mol. The number of fused-ring (bicyclic) bond motifs is 1. The van der Waals surface area contributed by atoms with Crippen LogP contribution in [0, 0.1) is 0 Å². The van der Waals surface area contributed by atoms with Gasteiger partial charge in [0, 0.05) is 12.1 Å². The van der Waals surface area contributed by atoms with E-state index in [2.05, 4.69) is 10.2 Å². The van der Waals surface area contributed by atoms with Crippen molar-refractivity contribution < 1.29 is 9.90 Å². The molecule has 2 aromatic heterocycles. The summed E-state index contributed by atoms with van der Waals surface area (Å²) in [6, 6.07) is 3.21. The summed E-state index contributed by atoms with van der Waals surface area (Å²) in [6.45, 7) is 3.98. The van der Waals surface area contributed by atoms with Crippen molar-refractivity contribution in [2.75, 3.05) is 0 Å². The molecule has 0 radical (unpaired) electrons. The van der Waals surface area contributed by atoms with Crippen molar-refractivity contribution in [1.29, 1.82) is 0 Å². The highest BCUT2D eigenvalue weighted by Crippen LogP contribution is 2.15. The summed E-state index contributed by atoms with van der Waals surface area (Å²) >= 11 is 0. The zero-order valence-corrected chi connectivity index (χ0v) is 8.51. The second-order valence-corrected chi connectivity index (χ2v) is 3.63. The van der Waals surface area contributed by atoms with Gasteiger partial charge in [0.15, 0.2) is 5.65 Å². The highest BCUT2D eigenvalue weighted by Gasteiger charge is 2.14. The van der Waals surface area contributed by atoms with Crippen LogP contribution in [0.3, 0.4) is 0 Å². The molecule has 0 unspecified atom stereocenters. The number of aromatic carboxylic acids is 1. The maximum Gasteiger partial charge on any atom is 0.339 e. The van der Waals surface area contributed by atoms with Gasteiger partial charge < -0.3 is 5.11 Å². The second kappa shape index (κ2) is 3.34. The first-order chi connectivity index (χ1) is 7.11. The fourth-order valence-corrected chi connectivity index (χ4v) is 1.49. The van der Waals surface area contributed by atoms with Gasteiger partial charge in [0.2, 0.25) is 0 Å². The van der Waals surface area contributed by atoms with Gasteiger partial charge in [-0.25, -0.2) is 4.79 Å². The minimum absolute atomic E-state index is 0.178. The quantitative estimate of drug-likeness (QED) is 0.807. The number of hydrogen-bond donors (Lipinski definition) is 1. The Hall–Kier alpha value is -1.91. The zero-order chi connectivity index (χ0) is 11.0.